The zero-order chi connectivity index (χ0) is 12.6. The van der Waals surface area contributed by atoms with Crippen molar-refractivity contribution in [3.8, 4) is 0 Å². The van der Waals surface area contributed by atoms with E-state index in [1.807, 2.05) is 0 Å². The summed E-state index contributed by atoms with van der Waals surface area (Å²) in [6, 6.07) is 2.42. The van der Waals surface area contributed by atoms with Crippen LogP contribution in [-0.4, -0.2) is 29.9 Å². The van der Waals surface area contributed by atoms with Crippen LogP contribution < -0.4 is 0 Å². The molecule has 0 saturated carbocycles. The second-order valence-electron chi connectivity index (χ2n) is 3.61. The summed E-state index contributed by atoms with van der Waals surface area (Å²) in [6.07, 6.45) is 1.68. The molecule has 1 amide bonds. The number of hydrogen-bond acceptors (Lipinski definition) is 3. The van der Waals surface area contributed by atoms with E-state index in [2.05, 4.69) is 5.10 Å². The van der Waals surface area contributed by atoms with Gasteiger partial charge in [-0.15, -0.1) is 11.8 Å². The lowest BCUT2D eigenvalue weighted by Gasteiger charge is -2.05. The van der Waals surface area contributed by atoms with Crippen LogP contribution in [-0.2, 0) is 4.79 Å². The molecule has 0 atom stereocenters. The lowest BCUT2D eigenvalue weighted by atomic mass is 10.1. The molecule has 1 aliphatic heterocycles. The minimum absolute atomic E-state index is 0.0213. The average molecular weight is 256 g/mol. The van der Waals surface area contributed by atoms with Crippen LogP contribution in [0.3, 0.4) is 0 Å². The third kappa shape index (κ3) is 2.17. The van der Waals surface area contributed by atoms with Gasteiger partial charge in [-0.2, -0.15) is 5.10 Å². The SMILES string of the molecule is CSc1c(F)cc(C2=NN(C)C(=O)C2)cc1F. The zero-order valence-corrected chi connectivity index (χ0v) is 10.1. The summed E-state index contributed by atoms with van der Waals surface area (Å²) in [5, 5.41) is 5.11. The van der Waals surface area contributed by atoms with Crippen LogP contribution in [0.5, 0.6) is 0 Å². The van der Waals surface area contributed by atoms with Crippen LogP contribution in [0.15, 0.2) is 22.1 Å². The van der Waals surface area contributed by atoms with Crippen molar-refractivity contribution >= 4 is 23.4 Å². The summed E-state index contributed by atoms with van der Waals surface area (Å²) in [4.78, 5) is 11.2. The van der Waals surface area contributed by atoms with Crippen LogP contribution in [0.25, 0.3) is 0 Å². The van der Waals surface area contributed by atoms with E-state index >= 15 is 0 Å². The quantitative estimate of drug-likeness (QED) is 0.760. The molecule has 0 saturated heterocycles. The molecule has 1 aliphatic rings. The molecule has 1 aromatic carbocycles. The molecule has 0 aromatic heterocycles. The van der Waals surface area contributed by atoms with Crippen molar-refractivity contribution in [1.29, 1.82) is 0 Å². The molecule has 17 heavy (non-hydrogen) atoms. The Hall–Kier alpha value is -1.43. The van der Waals surface area contributed by atoms with Crippen LogP contribution in [0.2, 0.25) is 0 Å². The van der Waals surface area contributed by atoms with E-state index in [4.69, 9.17) is 0 Å². The molecular formula is C11H10F2N2OS. The van der Waals surface area contributed by atoms with Crippen LogP contribution >= 0.6 is 11.8 Å². The van der Waals surface area contributed by atoms with Gasteiger partial charge >= 0.3 is 0 Å². The summed E-state index contributed by atoms with van der Waals surface area (Å²) in [5.41, 5.74) is 0.707. The minimum atomic E-state index is -0.628. The highest BCUT2D eigenvalue weighted by molar-refractivity contribution is 7.98. The monoisotopic (exact) mass is 256 g/mol. The summed E-state index contributed by atoms with van der Waals surface area (Å²) >= 11 is 1.01. The fraction of sp³-hybridized carbons (Fsp3) is 0.273. The Labute approximate surface area is 101 Å². The first kappa shape index (κ1) is 12.0. The number of thioether (sulfide) groups is 1. The first-order valence-corrected chi connectivity index (χ1v) is 6.13. The van der Waals surface area contributed by atoms with E-state index < -0.39 is 11.6 Å². The average Bonchev–Trinajstić information content (AvgIpc) is 2.59. The van der Waals surface area contributed by atoms with Gasteiger partial charge in [0.1, 0.15) is 11.6 Å². The molecule has 3 nitrogen and oxygen atoms in total. The number of amides is 1. The van der Waals surface area contributed by atoms with Crippen molar-refractivity contribution in [2.45, 2.75) is 11.3 Å². The third-order valence-electron chi connectivity index (χ3n) is 2.49. The first-order valence-electron chi connectivity index (χ1n) is 4.90. The number of nitrogens with zero attached hydrogens (tertiary/aromatic N) is 2. The van der Waals surface area contributed by atoms with Gasteiger partial charge in [0.15, 0.2) is 0 Å². The molecule has 0 unspecified atom stereocenters. The van der Waals surface area contributed by atoms with Gasteiger partial charge in [-0.1, -0.05) is 0 Å². The molecular weight excluding hydrogens is 246 g/mol. The number of hydrazone groups is 1. The number of carbonyl (C=O) groups excluding carboxylic acids is 1. The number of halogens is 2. The topological polar surface area (TPSA) is 32.7 Å². The highest BCUT2D eigenvalue weighted by Gasteiger charge is 2.23. The number of carbonyl (C=O) groups is 1. The van der Waals surface area contributed by atoms with Crippen LogP contribution in [0, 0.1) is 11.6 Å². The van der Waals surface area contributed by atoms with E-state index in [0.29, 0.717) is 11.3 Å². The molecule has 2 rings (SSSR count). The molecule has 0 N–H and O–H groups in total. The number of rotatable bonds is 2. The van der Waals surface area contributed by atoms with Gasteiger partial charge < -0.3 is 0 Å². The van der Waals surface area contributed by atoms with Crippen LogP contribution in [0.1, 0.15) is 12.0 Å². The fourth-order valence-electron chi connectivity index (χ4n) is 1.61. The second kappa shape index (κ2) is 4.44. The highest BCUT2D eigenvalue weighted by Crippen LogP contribution is 2.25. The number of benzene rings is 1. The largest absolute Gasteiger partial charge is 0.273 e. The third-order valence-corrected chi connectivity index (χ3v) is 3.28. The maximum absolute atomic E-state index is 13.5. The Morgan fingerprint density at radius 1 is 1.35 bits per heavy atom. The van der Waals surface area contributed by atoms with Crippen molar-refractivity contribution < 1.29 is 13.6 Å². The van der Waals surface area contributed by atoms with Gasteiger partial charge in [-0.25, -0.2) is 13.8 Å². The molecule has 1 heterocycles. The molecule has 0 radical (unpaired) electrons. The zero-order valence-electron chi connectivity index (χ0n) is 9.33. The molecule has 0 spiro atoms. The van der Waals surface area contributed by atoms with Gasteiger partial charge in [0.2, 0.25) is 5.91 Å². The van der Waals surface area contributed by atoms with E-state index in [0.717, 1.165) is 11.8 Å². The summed E-state index contributed by atoms with van der Waals surface area (Å²) < 4.78 is 27.1. The van der Waals surface area contributed by atoms with E-state index in [1.165, 1.54) is 24.2 Å². The predicted molar refractivity (Wildman–Crippen MR) is 62.1 cm³/mol. The molecule has 0 bridgehead atoms. The van der Waals surface area contributed by atoms with E-state index in [9.17, 15) is 13.6 Å². The Bertz CT molecular complexity index is 493. The molecule has 6 heteroatoms. The summed E-state index contributed by atoms with van der Waals surface area (Å²) in [7, 11) is 1.51. The fourth-order valence-corrected chi connectivity index (χ4v) is 2.12. The van der Waals surface area contributed by atoms with E-state index in [-0.39, 0.29) is 17.2 Å². The highest BCUT2D eigenvalue weighted by atomic mass is 32.2. The molecule has 0 aliphatic carbocycles. The Morgan fingerprint density at radius 2 is 1.94 bits per heavy atom. The number of hydrogen-bond donors (Lipinski definition) is 0. The lowest BCUT2D eigenvalue weighted by Crippen LogP contribution is -2.14. The predicted octanol–water partition coefficient (Wildman–Crippen LogP) is 2.25. The van der Waals surface area contributed by atoms with Crippen LogP contribution in [0.4, 0.5) is 8.78 Å². The van der Waals surface area contributed by atoms with Gasteiger partial charge in [0.05, 0.1) is 17.0 Å². The minimum Gasteiger partial charge on any atom is -0.273 e. The van der Waals surface area contributed by atoms with Gasteiger partial charge in [-0.05, 0) is 18.4 Å². The van der Waals surface area contributed by atoms with Crippen molar-refractivity contribution in [2.75, 3.05) is 13.3 Å². The molecule has 1 aromatic rings. The normalized spacial score (nSPS) is 15.4. The first-order chi connectivity index (χ1) is 8.02. The van der Waals surface area contributed by atoms with Crippen molar-refractivity contribution in [2.24, 2.45) is 5.10 Å². The molecule has 90 valence electrons. The van der Waals surface area contributed by atoms with Crippen molar-refractivity contribution in [3.05, 3.63) is 29.3 Å². The maximum atomic E-state index is 13.5. The van der Waals surface area contributed by atoms with Gasteiger partial charge in [0.25, 0.3) is 0 Å². The Balaban J connectivity index is 2.42. The maximum Gasteiger partial charge on any atom is 0.248 e. The standard InChI is InChI=1S/C11H10F2N2OS/c1-15-10(16)5-9(14-15)6-3-7(12)11(17-2)8(13)4-6/h3-4H,5H2,1-2H3. The van der Waals surface area contributed by atoms with Gasteiger partial charge in [0, 0.05) is 12.6 Å². The van der Waals surface area contributed by atoms with Crippen molar-refractivity contribution in [1.82, 2.24) is 5.01 Å². The van der Waals surface area contributed by atoms with E-state index in [1.54, 1.807) is 6.26 Å². The molecule has 0 fully saturated rings. The summed E-state index contributed by atoms with van der Waals surface area (Å²) in [6.45, 7) is 0. The Morgan fingerprint density at radius 3 is 2.35 bits per heavy atom. The van der Waals surface area contributed by atoms with Gasteiger partial charge in [-0.3, -0.25) is 4.79 Å². The van der Waals surface area contributed by atoms with Crippen molar-refractivity contribution in [3.63, 3.8) is 0 Å². The summed E-state index contributed by atoms with van der Waals surface area (Å²) in [5.74, 6) is -1.44. The second-order valence-corrected chi connectivity index (χ2v) is 4.43. The lowest BCUT2D eigenvalue weighted by molar-refractivity contribution is -0.127. The smallest absolute Gasteiger partial charge is 0.248 e. The Kier molecular flexibility index (Phi) is 3.15.